The van der Waals surface area contributed by atoms with Gasteiger partial charge in [0.2, 0.25) is 0 Å². The first-order valence-corrected chi connectivity index (χ1v) is 5.46. The molecule has 1 heterocycles. The summed E-state index contributed by atoms with van der Waals surface area (Å²) >= 11 is 1.54. The zero-order valence-corrected chi connectivity index (χ0v) is 8.49. The summed E-state index contributed by atoms with van der Waals surface area (Å²) in [5.74, 6) is 0.236. The quantitative estimate of drug-likeness (QED) is 0.744. The summed E-state index contributed by atoms with van der Waals surface area (Å²) < 4.78 is 0. The second-order valence-electron chi connectivity index (χ2n) is 3.51. The largest absolute Gasteiger partial charge is 0.307 e. The summed E-state index contributed by atoms with van der Waals surface area (Å²) in [5.41, 5.74) is 1.10. The first-order chi connectivity index (χ1) is 6.27. The van der Waals surface area contributed by atoms with E-state index in [1.54, 1.807) is 11.3 Å². The number of carbonyl (C=O) groups is 1. The first kappa shape index (κ1) is 8.91. The molecule has 2 rings (SSSR count). The Kier molecular flexibility index (Phi) is 2.47. The van der Waals surface area contributed by atoms with Crippen LogP contribution in [0, 0.1) is 6.92 Å². The molecule has 1 saturated carbocycles. The maximum absolute atomic E-state index is 11.6. The van der Waals surface area contributed by atoms with Crippen molar-refractivity contribution in [2.24, 2.45) is 0 Å². The van der Waals surface area contributed by atoms with E-state index in [2.05, 4.69) is 5.32 Å². The molecule has 0 bridgehead atoms. The molecule has 0 aliphatic heterocycles. The van der Waals surface area contributed by atoms with Gasteiger partial charge in [0.25, 0.3) is 0 Å². The lowest BCUT2D eigenvalue weighted by atomic mass is 10.2. The van der Waals surface area contributed by atoms with Crippen LogP contribution in [-0.4, -0.2) is 18.4 Å². The van der Waals surface area contributed by atoms with Crippen molar-refractivity contribution in [3.05, 3.63) is 21.9 Å². The fourth-order valence-electron chi connectivity index (χ4n) is 1.26. The predicted octanol–water partition coefficient (Wildman–Crippen LogP) is 1.99. The van der Waals surface area contributed by atoms with E-state index in [9.17, 15) is 4.79 Å². The Morgan fingerprint density at radius 2 is 2.46 bits per heavy atom. The maximum atomic E-state index is 11.6. The SMILES string of the molecule is Cc1ccsc1C(=O)CNC1CC1. The van der Waals surface area contributed by atoms with E-state index >= 15 is 0 Å². The van der Waals surface area contributed by atoms with E-state index in [4.69, 9.17) is 0 Å². The normalized spacial score (nSPS) is 16.1. The van der Waals surface area contributed by atoms with Crippen molar-refractivity contribution >= 4 is 17.1 Å². The van der Waals surface area contributed by atoms with Gasteiger partial charge < -0.3 is 5.32 Å². The Hall–Kier alpha value is -0.670. The molecule has 0 radical (unpaired) electrons. The van der Waals surface area contributed by atoms with Crippen LogP contribution >= 0.6 is 11.3 Å². The highest BCUT2D eigenvalue weighted by atomic mass is 32.1. The van der Waals surface area contributed by atoms with Crippen LogP contribution in [0.1, 0.15) is 28.1 Å². The molecule has 0 aromatic carbocycles. The van der Waals surface area contributed by atoms with E-state index in [-0.39, 0.29) is 5.78 Å². The van der Waals surface area contributed by atoms with Gasteiger partial charge in [0.1, 0.15) is 0 Å². The third-order valence-corrected chi connectivity index (χ3v) is 3.30. The molecule has 1 N–H and O–H groups in total. The third-order valence-electron chi connectivity index (χ3n) is 2.24. The van der Waals surface area contributed by atoms with Gasteiger partial charge >= 0.3 is 0 Å². The minimum Gasteiger partial charge on any atom is -0.307 e. The van der Waals surface area contributed by atoms with E-state index in [0.29, 0.717) is 12.6 Å². The molecule has 1 aromatic rings. The Labute approximate surface area is 82.0 Å². The molecule has 1 fully saturated rings. The van der Waals surface area contributed by atoms with Gasteiger partial charge in [-0.15, -0.1) is 11.3 Å². The Balaban J connectivity index is 1.92. The number of hydrogen-bond donors (Lipinski definition) is 1. The van der Waals surface area contributed by atoms with Gasteiger partial charge in [-0.25, -0.2) is 0 Å². The molecule has 0 atom stereocenters. The third kappa shape index (κ3) is 2.17. The number of aryl methyl sites for hydroxylation is 1. The summed E-state index contributed by atoms with van der Waals surface area (Å²) in [7, 11) is 0. The van der Waals surface area contributed by atoms with Gasteiger partial charge in [-0.3, -0.25) is 4.79 Å². The second kappa shape index (κ2) is 3.60. The van der Waals surface area contributed by atoms with Gasteiger partial charge in [-0.05, 0) is 36.8 Å². The smallest absolute Gasteiger partial charge is 0.186 e. The molecule has 0 unspecified atom stereocenters. The number of hydrogen-bond acceptors (Lipinski definition) is 3. The molecule has 1 aromatic heterocycles. The number of Topliss-reactive ketones (excluding diaryl/α,β-unsaturated/α-hetero) is 1. The highest BCUT2D eigenvalue weighted by Gasteiger charge is 2.21. The standard InChI is InChI=1S/C10H13NOS/c1-7-4-5-13-10(7)9(12)6-11-8-2-3-8/h4-5,8,11H,2-3,6H2,1H3. The molecule has 70 valence electrons. The summed E-state index contributed by atoms with van der Waals surface area (Å²) in [6.07, 6.45) is 2.47. The average Bonchev–Trinajstić information content (AvgIpc) is 2.84. The Morgan fingerprint density at radius 1 is 1.69 bits per heavy atom. The maximum Gasteiger partial charge on any atom is 0.186 e. The van der Waals surface area contributed by atoms with Gasteiger partial charge in [0, 0.05) is 6.04 Å². The molecule has 1 aliphatic rings. The molecule has 0 spiro atoms. The van der Waals surface area contributed by atoms with Gasteiger partial charge in [0.05, 0.1) is 11.4 Å². The molecule has 1 aliphatic carbocycles. The predicted molar refractivity (Wildman–Crippen MR) is 54.4 cm³/mol. The lowest BCUT2D eigenvalue weighted by Gasteiger charge is -2.00. The Bertz CT molecular complexity index is 314. The number of nitrogens with one attached hydrogen (secondary N) is 1. The lowest BCUT2D eigenvalue weighted by Crippen LogP contribution is -2.24. The van der Waals surface area contributed by atoms with Gasteiger partial charge in [-0.1, -0.05) is 0 Å². The number of ketones is 1. The van der Waals surface area contributed by atoms with Crippen LogP contribution in [0.2, 0.25) is 0 Å². The molecule has 13 heavy (non-hydrogen) atoms. The highest BCUT2D eigenvalue weighted by Crippen LogP contribution is 2.19. The lowest BCUT2D eigenvalue weighted by molar-refractivity contribution is 0.0994. The van der Waals surface area contributed by atoms with Crippen LogP contribution in [0.4, 0.5) is 0 Å². The number of thiophene rings is 1. The highest BCUT2D eigenvalue weighted by molar-refractivity contribution is 7.12. The Morgan fingerprint density at radius 3 is 3.00 bits per heavy atom. The van der Waals surface area contributed by atoms with Crippen molar-refractivity contribution in [2.45, 2.75) is 25.8 Å². The fraction of sp³-hybridized carbons (Fsp3) is 0.500. The van der Waals surface area contributed by atoms with Crippen LogP contribution in [-0.2, 0) is 0 Å². The second-order valence-corrected chi connectivity index (χ2v) is 4.43. The van der Waals surface area contributed by atoms with E-state index < -0.39 is 0 Å². The van der Waals surface area contributed by atoms with E-state index in [1.165, 1.54) is 12.8 Å². The van der Waals surface area contributed by atoms with Crippen LogP contribution < -0.4 is 5.32 Å². The molecular formula is C10H13NOS. The summed E-state index contributed by atoms with van der Waals surface area (Å²) in [4.78, 5) is 12.5. The molecule has 0 amide bonds. The van der Waals surface area contributed by atoms with Gasteiger partial charge in [-0.2, -0.15) is 0 Å². The molecule has 3 heteroatoms. The number of carbonyl (C=O) groups excluding carboxylic acids is 1. The monoisotopic (exact) mass is 195 g/mol. The van der Waals surface area contributed by atoms with Crippen LogP contribution in [0.5, 0.6) is 0 Å². The molecular weight excluding hydrogens is 182 g/mol. The minimum absolute atomic E-state index is 0.236. The fourth-order valence-corrected chi connectivity index (χ4v) is 2.13. The zero-order chi connectivity index (χ0) is 9.26. The van der Waals surface area contributed by atoms with Crippen LogP contribution in [0.25, 0.3) is 0 Å². The van der Waals surface area contributed by atoms with Crippen molar-refractivity contribution in [2.75, 3.05) is 6.54 Å². The summed E-state index contributed by atoms with van der Waals surface area (Å²) in [6.45, 7) is 2.49. The van der Waals surface area contributed by atoms with E-state index in [0.717, 1.165) is 10.4 Å². The molecule has 0 saturated heterocycles. The van der Waals surface area contributed by atoms with Crippen molar-refractivity contribution in [3.8, 4) is 0 Å². The first-order valence-electron chi connectivity index (χ1n) is 4.58. The zero-order valence-electron chi connectivity index (χ0n) is 7.67. The summed E-state index contributed by atoms with van der Waals surface area (Å²) in [5, 5.41) is 5.20. The average molecular weight is 195 g/mol. The van der Waals surface area contributed by atoms with Crippen molar-refractivity contribution in [1.82, 2.24) is 5.32 Å². The molecule has 2 nitrogen and oxygen atoms in total. The van der Waals surface area contributed by atoms with Crippen molar-refractivity contribution < 1.29 is 4.79 Å². The van der Waals surface area contributed by atoms with Crippen LogP contribution in [0.3, 0.4) is 0 Å². The minimum atomic E-state index is 0.236. The van der Waals surface area contributed by atoms with Gasteiger partial charge in [0.15, 0.2) is 5.78 Å². The topological polar surface area (TPSA) is 29.1 Å². The number of rotatable bonds is 4. The van der Waals surface area contributed by atoms with E-state index in [1.807, 2.05) is 18.4 Å². The summed E-state index contributed by atoms with van der Waals surface area (Å²) in [6, 6.07) is 2.61. The van der Waals surface area contributed by atoms with Crippen molar-refractivity contribution in [1.29, 1.82) is 0 Å². The van der Waals surface area contributed by atoms with Crippen LogP contribution in [0.15, 0.2) is 11.4 Å². The van der Waals surface area contributed by atoms with Crippen molar-refractivity contribution in [3.63, 3.8) is 0 Å².